The second-order valence-electron chi connectivity index (χ2n) is 6.26. The average Bonchev–Trinajstić information content (AvgIpc) is 2.42. The molecule has 20 heavy (non-hydrogen) atoms. The van der Waals surface area contributed by atoms with Crippen molar-refractivity contribution in [3.63, 3.8) is 0 Å². The zero-order valence-corrected chi connectivity index (χ0v) is 12.3. The van der Waals surface area contributed by atoms with Crippen LogP contribution < -0.4 is 5.32 Å². The lowest BCUT2D eigenvalue weighted by Gasteiger charge is -2.39. The number of carbonyl (C=O) groups excluding carboxylic acids is 1. The highest BCUT2D eigenvalue weighted by molar-refractivity contribution is 5.88. The number of rotatable bonds is 4. The summed E-state index contributed by atoms with van der Waals surface area (Å²) in [5, 5.41) is 12.4. The molecule has 1 fully saturated rings. The minimum absolute atomic E-state index is 0.00182. The van der Waals surface area contributed by atoms with E-state index >= 15 is 0 Å². The van der Waals surface area contributed by atoms with Gasteiger partial charge in [-0.3, -0.25) is 4.79 Å². The van der Waals surface area contributed by atoms with E-state index in [2.05, 4.69) is 11.4 Å². The van der Waals surface area contributed by atoms with E-state index in [-0.39, 0.29) is 11.8 Å². The summed E-state index contributed by atoms with van der Waals surface area (Å²) in [6.07, 6.45) is 10.2. The lowest BCUT2D eigenvalue weighted by atomic mass is 9.73. The van der Waals surface area contributed by atoms with Crippen LogP contribution in [0.15, 0.2) is 11.6 Å². The highest BCUT2D eigenvalue weighted by Crippen LogP contribution is 2.34. The first-order valence-corrected chi connectivity index (χ1v) is 7.77. The van der Waals surface area contributed by atoms with Gasteiger partial charge in [0.15, 0.2) is 0 Å². The summed E-state index contributed by atoms with van der Waals surface area (Å²) >= 11 is 0. The molecule has 0 bridgehead atoms. The topological polar surface area (TPSA) is 66.4 Å². The Hall–Kier alpha value is -1.32. The number of carboxylic acid groups (broad SMARTS) is 1. The molecular formula is C16H25NO3. The molecule has 2 unspecified atom stereocenters. The third-order valence-electron chi connectivity index (χ3n) is 4.82. The smallest absolute Gasteiger partial charge is 0.329 e. The zero-order valence-electron chi connectivity index (χ0n) is 12.3. The third kappa shape index (κ3) is 3.22. The van der Waals surface area contributed by atoms with Gasteiger partial charge in [0, 0.05) is 6.42 Å². The predicted octanol–water partition coefficient (Wildman–Crippen LogP) is 3.03. The highest BCUT2D eigenvalue weighted by Gasteiger charge is 2.46. The first kappa shape index (κ1) is 15.1. The maximum atomic E-state index is 12.2. The van der Waals surface area contributed by atoms with Gasteiger partial charge in [0.25, 0.3) is 0 Å². The molecule has 2 aliphatic rings. The summed E-state index contributed by atoms with van der Waals surface area (Å²) in [6, 6.07) is 0. The van der Waals surface area contributed by atoms with Gasteiger partial charge in [-0.1, -0.05) is 31.4 Å². The van der Waals surface area contributed by atoms with Gasteiger partial charge in [-0.2, -0.15) is 0 Å². The molecule has 4 heteroatoms. The molecule has 2 N–H and O–H groups in total. The molecule has 0 spiro atoms. The number of nitrogens with one attached hydrogen (secondary N) is 1. The second kappa shape index (κ2) is 6.42. The molecule has 0 heterocycles. The summed E-state index contributed by atoms with van der Waals surface area (Å²) in [5.74, 6) is -1.01. The number of carbonyl (C=O) groups is 2. The number of carboxylic acids is 1. The summed E-state index contributed by atoms with van der Waals surface area (Å²) in [5.41, 5.74) is 0.114. The van der Waals surface area contributed by atoms with E-state index in [9.17, 15) is 14.7 Å². The molecule has 0 aromatic carbocycles. The number of aliphatic carboxylic acids is 1. The Kier molecular flexibility index (Phi) is 4.84. The molecular weight excluding hydrogens is 254 g/mol. The molecule has 2 atom stereocenters. The van der Waals surface area contributed by atoms with Crippen molar-refractivity contribution in [1.82, 2.24) is 5.32 Å². The summed E-state index contributed by atoms with van der Waals surface area (Å²) in [6.45, 7) is 1.94. The standard InChI is InChI=1S/C16H25NO3/c1-12-7-5-6-10-16(12,15(19)20)17-14(18)11-13-8-3-2-4-9-13/h8,12H,2-7,9-11H2,1H3,(H,17,18)(H,19,20). The van der Waals surface area contributed by atoms with Crippen molar-refractivity contribution in [2.75, 3.05) is 0 Å². The van der Waals surface area contributed by atoms with Gasteiger partial charge in [0.1, 0.15) is 5.54 Å². The van der Waals surface area contributed by atoms with Crippen LogP contribution in [-0.4, -0.2) is 22.5 Å². The zero-order chi connectivity index (χ0) is 14.6. The maximum Gasteiger partial charge on any atom is 0.329 e. The molecule has 0 radical (unpaired) electrons. The van der Waals surface area contributed by atoms with E-state index in [1.165, 1.54) is 6.42 Å². The summed E-state index contributed by atoms with van der Waals surface area (Å²) in [4.78, 5) is 23.9. The van der Waals surface area contributed by atoms with Gasteiger partial charge in [-0.25, -0.2) is 4.79 Å². The fourth-order valence-corrected chi connectivity index (χ4v) is 3.47. The van der Waals surface area contributed by atoms with Crippen LogP contribution in [0.4, 0.5) is 0 Å². The molecule has 0 aromatic rings. The fourth-order valence-electron chi connectivity index (χ4n) is 3.47. The second-order valence-corrected chi connectivity index (χ2v) is 6.26. The average molecular weight is 279 g/mol. The van der Waals surface area contributed by atoms with Gasteiger partial charge in [-0.15, -0.1) is 0 Å². The van der Waals surface area contributed by atoms with Gasteiger partial charge in [0.05, 0.1) is 0 Å². The third-order valence-corrected chi connectivity index (χ3v) is 4.82. The van der Waals surface area contributed by atoms with Crippen LogP contribution in [0.25, 0.3) is 0 Å². The van der Waals surface area contributed by atoms with Gasteiger partial charge in [-0.05, 0) is 44.4 Å². The molecule has 0 saturated heterocycles. The molecule has 2 rings (SSSR count). The Morgan fingerprint density at radius 3 is 2.75 bits per heavy atom. The quantitative estimate of drug-likeness (QED) is 0.777. The lowest BCUT2D eigenvalue weighted by Crippen LogP contribution is -2.60. The minimum Gasteiger partial charge on any atom is -0.479 e. The Labute approximate surface area is 120 Å². The first-order valence-electron chi connectivity index (χ1n) is 7.77. The van der Waals surface area contributed by atoms with Crippen molar-refractivity contribution in [2.24, 2.45) is 5.92 Å². The van der Waals surface area contributed by atoms with E-state index in [1.54, 1.807) is 0 Å². The Balaban J connectivity index is 2.02. The monoisotopic (exact) mass is 279 g/mol. The van der Waals surface area contributed by atoms with Crippen molar-refractivity contribution in [3.05, 3.63) is 11.6 Å². The van der Waals surface area contributed by atoms with Crippen LogP contribution in [-0.2, 0) is 9.59 Å². The van der Waals surface area contributed by atoms with Crippen molar-refractivity contribution in [3.8, 4) is 0 Å². The Morgan fingerprint density at radius 1 is 1.35 bits per heavy atom. The van der Waals surface area contributed by atoms with Crippen molar-refractivity contribution in [1.29, 1.82) is 0 Å². The van der Waals surface area contributed by atoms with E-state index in [0.29, 0.717) is 12.8 Å². The van der Waals surface area contributed by atoms with Crippen molar-refractivity contribution >= 4 is 11.9 Å². The number of hydrogen-bond donors (Lipinski definition) is 2. The number of allylic oxidation sites excluding steroid dienone is 1. The van der Waals surface area contributed by atoms with E-state index < -0.39 is 11.5 Å². The van der Waals surface area contributed by atoms with Crippen molar-refractivity contribution < 1.29 is 14.7 Å². The van der Waals surface area contributed by atoms with Gasteiger partial charge >= 0.3 is 5.97 Å². The molecule has 2 aliphatic carbocycles. The SMILES string of the molecule is CC1CCCCC1(NC(=O)CC1=CCCCC1)C(=O)O. The van der Waals surface area contributed by atoms with E-state index in [1.807, 2.05) is 6.92 Å². The normalized spacial score (nSPS) is 30.4. The van der Waals surface area contributed by atoms with Crippen LogP contribution in [0.3, 0.4) is 0 Å². The predicted molar refractivity (Wildman–Crippen MR) is 77.3 cm³/mol. The minimum atomic E-state index is -1.05. The summed E-state index contributed by atoms with van der Waals surface area (Å²) in [7, 11) is 0. The fraction of sp³-hybridized carbons (Fsp3) is 0.750. The van der Waals surface area contributed by atoms with Crippen LogP contribution in [0.2, 0.25) is 0 Å². The van der Waals surface area contributed by atoms with Crippen LogP contribution in [0.5, 0.6) is 0 Å². The molecule has 112 valence electrons. The molecule has 1 saturated carbocycles. The van der Waals surface area contributed by atoms with E-state index in [4.69, 9.17) is 0 Å². The Bertz CT molecular complexity index is 416. The van der Waals surface area contributed by atoms with E-state index in [0.717, 1.165) is 44.1 Å². The molecule has 0 aromatic heterocycles. The molecule has 4 nitrogen and oxygen atoms in total. The first-order chi connectivity index (χ1) is 9.54. The number of amides is 1. The van der Waals surface area contributed by atoms with Gasteiger partial charge in [0.2, 0.25) is 5.91 Å². The molecule has 0 aliphatic heterocycles. The largest absolute Gasteiger partial charge is 0.479 e. The number of hydrogen-bond acceptors (Lipinski definition) is 2. The maximum absolute atomic E-state index is 12.2. The lowest BCUT2D eigenvalue weighted by molar-refractivity contribution is -0.151. The molecule has 1 amide bonds. The van der Waals surface area contributed by atoms with Crippen LogP contribution in [0, 0.1) is 5.92 Å². The van der Waals surface area contributed by atoms with Gasteiger partial charge < -0.3 is 10.4 Å². The van der Waals surface area contributed by atoms with Crippen LogP contribution in [0.1, 0.15) is 64.7 Å². The Morgan fingerprint density at radius 2 is 2.15 bits per heavy atom. The summed E-state index contributed by atoms with van der Waals surface area (Å²) < 4.78 is 0. The van der Waals surface area contributed by atoms with Crippen molar-refractivity contribution in [2.45, 2.75) is 70.3 Å². The highest BCUT2D eigenvalue weighted by atomic mass is 16.4. The van der Waals surface area contributed by atoms with Crippen LogP contribution >= 0.6 is 0 Å².